The van der Waals surface area contributed by atoms with Crippen LogP contribution in [-0.4, -0.2) is 47.3 Å². The van der Waals surface area contributed by atoms with Gasteiger partial charge < -0.3 is 15.0 Å². The molecule has 2 atom stereocenters. The van der Waals surface area contributed by atoms with Crippen molar-refractivity contribution in [2.45, 2.75) is 45.3 Å². The molecule has 0 spiro atoms. The molecule has 118 valence electrons. The van der Waals surface area contributed by atoms with Crippen LogP contribution < -0.4 is 21.5 Å². The summed E-state index contributed by atoms with van der Waals surface area (Å²) in [6, 6.07) is 0.326. The normalized spacial score (nSPS) is 21.3. The summed E-state index contributed by atoms with van der Waals surface area (Å²) >= 11 is 0. The molecule has 1 aliphatic rings. The maximum absolute atomic E-state index is 5.45. The van der Waals surface area contributed by atoms with Crippen molar-refractivity contribution in [2.75, 3.05) is 35.8 Å². The summed E-state index contributed by atoms with van der Waals surface area (Å²) in [4.78, 5) is 15.1. The highest BCUT2D eigenvalue weighted by Gasteiger charge is 2.25. The molecule has 0 radical (unpaired) electrons. The number of anilines is 3. The Morgan fingerprint density at radius 2 is 1.90 bits per heavy atom. The molecule has 1 aliphatic carbocycles. The van der Waals surface area contributed by atoms with E-state index in [-0.39, 0.29) is 0 Å². The second kappa shape index (κ2) is 7.37. The van der Waals surface area contributed by atoms with Crippen molar-refractivity contribution in [3.8, 4) is 0 Å². The highest BCUT2D eigenvalue weighted by molar-refractivity contribution is 5.43. The predicted molar refractivity (Wildman–Crippen MR) is 83.3 cm³/mol. The summed E-state index contributed by atoms with van der Waals surface area (Å²) in [6.45, 7) is 5.80. The summed E-state index contributed by atoms with van der Waals surface area (Å²) in [5, 5.41) is 3.36. The van der Waals surface area contributed by atoms with E-state index in [4.69, 9.17) is 10.6 Å². The van der Waals surface area contributed by atoms with E-state index >= 15 is 0 Å². The fourth-order valence-electron chi connectivity index (χ4n) is 2.61. The number of hydrazine groups is 1. The lowest BCUT2D eigenvalue weighted by Crippen LogP contribution is -2.27. The Morgan fingerprint density at radius 1 is 1.19 bits per heavy atom. The van der Waals surface area contributed by atoms with Gasteiger partial charge in [-0.15, -0.1) is 0 Å². The van der Waals surface area contributed by atoms with Crippen molar-refractivity contribution in [3.05, 3.63) is 0 Å². The number of nitrogen functional groups attached to an aromatic ring is 1. The van der Waals surface area contributed by atoms with E-state index in [1.165, 1.54) is 0 Å². The third-order valence-corrected chi connectivity index (χ3v) is 3.85. The number of ether oxygens (including phenoxy) is 1. The second-order valence-corrected chi connectivity index (χ2v) is 5.11. The first kappa shape index (κ1) is 15.7. The van der Waals surface area contributed by atoms with Crippen LogP contribution in [0.15, 0.2) is 0 Å². The third-order valence-electron chi connectivity index (χ3n) is 3.85. The molecule has 1 aromatic rings. The monoisotopic (exact) mass is 295 g/mol. The van der Waals surface area contributed by atoms with Gasteiger partial charge in [-0.25, -0.2) is 5.84 Å². The van der Waals surface area contributed by atoms with E-state index < -0.39 is 0 Å². The minimum absolute atomic E-state index is 0.318. The third kappa shape index (κ3) is 3.92. The smallest absolute Gasteiger partial charge is 0.243 e. The molecule has 0 saturated heterocycles. The summed E-state index contributed by atoms with van der Waals surface area (Å²) in [6.07, 6.45) is 3.40. The quantitative estimate of drug-likeness (QED) is 0.505. The second-order valence-electron chi connectivity index (χ2n) is 5.11. The van der Waals surface area contributed by atoms with E-state index in [0.29, 0.717) is 30.0 Å². The van der Waals surface area contributed by atoms with Crippen molar-refractivity contribution >= 4 is 17.8 Å². The maximum atomic E-state index is 5.45. The minimum Gasteiger partial charge on any atom is -0.381 e. The van der Waals surface area contributed by atoms with Crippen molar-refractivity contribution in [1.29, 1.82) is 0 Å². The average Bonchev–Trinajstić information content (AvgIpc) is 2.96. The van der Waals surface area contributed by atoms with Crippen LogP contribution in [-0.2, 0) is 4.74 Å². The van der Waals surface area contributed by atoms with Crippen molar-refractivity contribution in [2.24, 2.45) is 5.84 Å². The van der Waals surface area contributed by atoms with Gasteiger partial charge in [0.15, 0.2) is 0 Å². The van der Waals surface area contributed by atoms with Gasteiger partial charge in [0.05, 0.1) is 6.10 Å². The van der Waals surface area contributed by atoms with Gasteiger partial charge in [-0.2, -0.15) is 15.0 Å². The molecule has 1 fully saturated rings. The lowest BCUT2D eigenvalue weighted by molar-refractivity contribution is 0.108. The lowest BCUT2D eigenvalue weighted by atomic mass is 10.2. The summed E-state index contributed by atoms with van der Waals surface area (Å²) in [5.41, 5.74) is 2.50. The van der Waals surface area contributed by atoms with Crippen LogP contribution in [0.4, 0.5) is 17.8 Å². The van der Waals surface area contributed by atoms with Crippen molar-refractivity contribution < 1.29 is 4.74 Å². The van der Waals surface area contributed by atoms with E-state index in [9.17, 15) is 0 Å². The first-order chi connectivity index (χ1) is 10.2. The van der Waals surface area contributed by atoms with Crippen LogP contribution in [0.1, 0.15) is 33.1 Å². The lowest BCUT2D eigenvalue weighted by Gasteiger charge is -2.20. The van der Waals surface area contributed by atoms with E-state index in [1.807, 2.05) is 0 Å². The summed E-state index contributed by atoms with van der Waals surface area (Å²) < 4.78 is 5.39. The number of hydrogen-bond acceptors (Lipinski definition) is 8. The molecule has 2 unspecified atom stereocenters. The standard InChI is InChI=1S/C13H25N7O/c1-4-20(5-2)13-17-11(16-12(18-13)19-14)15-9-6-7-10(8-9)21-3/h9-10H,4-8,14H2,1-3H3,(H2,15,16,17,18,19). The fourth-order valence-corrected chi connectivity index (χ4v) is 2.61. The van der Waals surface area contributed by atoms with Crippen LogP contribution in [0.2, 0.25) is 0 Å². The zero-order chi connectivity index (χ0) is 15.2. The number of nitrogens with zero attached hydrogens (tertiary/aromatic N) is 4. The average molecular weight is 295 g/mol. The number of hydrogen-bond donors (Lipinski definition) is 3. The predicted octanol–water partition coefficient (Wildman–Crippen LogP) is 0.983. The molecule has 1 aromatic heterocycles. The van der Waals surface area contributed by atoms with Crippen molar-refractivity contribution in [1.82, 2.24) is 15.0 Å². The van der Waals surface area contributed by atoms with Crippen LogP contribution in [0.5, 0.6) is 0 Å². The SMILES string of the molecule is CCN(CC)c1nc(NN)nc(NC2CCC(OC)C2)n1. The summed E-state index contributed by atoms with van der Waals surface area (Å²) in [7, 11) is 1.75. The number of nitrogens with two attached hydrogens (primary N) is 1. The van der Waals surface area contributed by atoms with E-state index in [0.717, 1.165) is 32.4 Å². The van der Waals surface area contributed by atoms with Gasteiger partial charge in [-0.3, -0.25) is 5.43 Å². The Labute approximate surface area is 125 Å². The number of rotatable bonds is 7. The molecular weight excluding hydrogens is 270 g/mol. The Kier molecular flexibility index (Phi) is 5.51. The molecule has 8 nitrogen and oxygen atoms in total. The van der Waals surface area contributed by atoms with E-state index in [1.54, 1.807) is 7.11 Å². The van der Waals surface area contributed by atoms with Crippen LogP contribution in [0, 0.1) is 0 Å². The molecule has 4 N–H and O–H groups in total. The van der Waals surface area contributed by atoms with Crippen LogP contribution in [0.3, 0.4) is 0 Å². The highest BCUT2D eigenvalue weighted by atomic mass is 16.5. The molecule has 0 bridgehead atoms. The van der Waals surface area contributed by atoms with Gasteiger partial charge in [-0.1, -0.05) is 0 Å². The van der Waals surface area contributed by atoms with Crippen LogP contribution in [0.25, 0.3) is 0 Å². The fraction of sp³-hybridized carbons (Fsp3) is 0.769. The van der Waals surface area contributed by atoms with Gasteiger partial charge in [0, 0.05) is 26.2 Å². The highest BCUT2D eigenvalue weighted by Crippen LogP contribution is 2.24. The zero-order valence-electron chi connectivity index (χ0n) is 13.0. The van der Waals surface area contributed by atoms with Gasteiger partial charge in [-0.05, 0) is 33.1 Å². The maximum Gasteiger partial charge on any atom is 0.243 e. The molecule has 21 heavy (non-hydrogen) atoms. The Balaban J connectivity index is 2.13. The molecule has 1 saturated carbocycles. The molecule has 8 heteroatoms. The molecule has 0 amide bonds. The summed E-state index contributed by atoms with van der Waals surface area (Å²) in [5.74, 6) is 7.01. The number of nitrogens with one attached hydrogen (secondary N) is 2. The molecule has 2 rings (SSSR count). The Morgan fingerprint density at radius 3 is 2.48 bits per heavy atom. The first-order valence-corrected chi connectivity index (χ1v) is 7.47. The Hall–Kier alpha value is -1.67. The van der Waals surface area contributed by atoms with Crippen molar-refractivity contribution in [3.63, 3.8) is 0 Å². The molecule has 1 heterocycles. The van der Waals surface area contributed by atoms with Gasteiger partial charge in [0.1, 0.15) is 0 Å². The Bertz CT molecular complexity index is 452. The molecule has 0 aliphatic heterocycles. The minimum atomic E-state index is 0.318. The number of aromatic nitrogens is 3. The van der Waals surface area contributed by atoms with Gasteiger partial charge >= 0.3 is 0 Å². The van der Waals surface area contributed by atoms with Crippen LogP contribution >= 0.6 is 0 Å². The first-order valence-electron chi connectivity index (χ1n) is 7.47. The topological polar surface area (TPSA) is 101 Å². The zero-order valence-corrected chi connectivity index (χ0v) is 13.0. The van der Waals surface area contributed by atoms with E-state index in [2.05, 4.69) is 44.4 Å². The van der Waals surface area contributed by atoms with Gasteiger partial charge in [0.2, 0.25) is 17.8 Å². The molecule has 0 aromatic carbocycles. The largest absolute Gasteiger partial charge is 0.381 e. The number of methoxy groups -OCH3 is 1. The van der Waals surface area contributed by atoms with Gasteiger partial charge in [0.25, 0.3) is 0 Å². The molecular formula is C13H25N7O.